The van der Waals surface area contributed by atoms with E-state index in [1.54, 1.807) is 0 Å². The molecule has 1 aromatic heterocycles. The summed E-state index contributed by atoms with van der Waals surface area (Å²) in [5.74, 6) is 0.759. The van der Waals surface area contributed by atoms with Crippen LogP contribution >= 0.6 is 0 Å². The summed E-state index contributed by atoms with van der Waals surface area (Å²) in [4.78, 5) is 20.3. The second-order valence-corrected chi connectivity index (χ2v) is 7.06. The van der Waals surface area contributed by atoms with Gasteiger partial charge in [0.15, 0.2) is 0 Å². The van der Waals surface area contributed by atoms with Gasteiger partial charge >= 0.3 is 5.97 Å². The maximum atomic E-state index is 11.2. The van der Waals surface area contributed by atoms with Crippen LogP contribution < -0.4 is 5.32 Å². The highest BCUT2D eigenvalue weighted by molar-refractivity contribution is 5.70. The Bertz CT molecular complexity index is 637. The molecule has 26 heavy (non-hydrogen) atoms. The summed E-state index contributed by atoms with van der Waals surface area (Å²) in [7, 11) is 1.34. The van der Waals surface area contributed by atoms with E-state index in [2.05, 4.69) is 15.0 Å². The number of aromatic nitrogens is 2. The summed E-state index contributed by atoms with van der Waals surface area (Å²) in [6, 6.07) is 1.98. The lowest BCUT2D eigenvalue weighted by molar-refractivity contribution is -0.149. The van der Waals surface area contributed by atoms with Crippen molar-refractivity contribution in [1.29, 1.82) is 0 Å². The molecule has 8 nitrogen and oxygen atoms in total. The van der Waals surface area contributed by atoms with Crippen LogP contribution in [0.2, 0.25) is 0 Å². The number of hydrogen-bond acceptors (Lipinski definition) is 8. The van der Waals surface area contributed by atoms with Gasteiger partial charge in [-0.1, -0.05) is 12.8 Å². The van der Waals surface area contributed by atoms with E-state index in [1.807, 2.05) is 12.3 Å². The third-order valence-corrected chi connectivity index (χ3v) is 5.42. The standard InChI is InChI=1S/C18H25N3O5/c1-23-15(22)10-24-14-9-26-16-13(8-25-17(14)16)21-18-19-7-6-12(20-18)11-4-2-3-5-11/h6-7,11,13-14,16-17H,2-5,8-10H2,1H3,(H,19,20,21). The average Bonchev–Trinajstić information content (AvgIpc) is 3.39. The van der Waals surface area contributed by atoms with Gasteiger partial charge in [0.05, 0.1) is 26.4 Å². The van der Waals surface area contributed by atoms with Crippen LogP contribution in [0.1, 0.15) is 37.3 Å². The van der Waals surface area contributed by atoms with Crippen molar-refractivity contribution in [2.75, 3.05) is 32.2 Å². The maximum absolute atomic E-state index is 11.2. The molecule has 0 radical (unpaired) electrons. The van der Waals surface area contributed by atoms with Crippen LogP contribution in [0.4, 0.5) is 5.95 Å². The van der Waals surface area contributed by atoms with Crippen LogP contribution in [0, 0.1) is 0 Å². The predicted molar refractivity (Wildman–Crippen MR) is 91.9 cm³/mol. The first kappa shape index (κ1) is 17.6. The minimum absolute atomic E-state index is 0.0365. The molecular weight excluding hydrogens is 338 g/mol. The third-order valence-electron chi connectivity index (χ3n) is 5.42. The molecule has 1 saturated carbocycles. The summed E-state index contributed by atoms with van der Waals surface area (Å²) >= 11 is 0. The third kappa shape index (κ3) is 3.67. The molecule has 4 rings (SSSR count). The van der Waals surface area contributed by atoms with E-state index in [1.165, 1.54) is 32.8 Å². The summed E-state index contributed by atoms with van der Waals surface area (Å²) in [5, 5.41) is 3.35. The van der Waals surface area contributed by atoms with Gasteiger partial charge in [0, 0.05) is 17.8 Å². The maximum Gasteiger partial charge on any atom is 0.331 e. The summed E-state index contributed by atoms with van der Waals surface area (Å²) in [5.41, 5.74) is 1.11. The highest BCUT2D eigenvalue weighted by atomic mass is 16.6. The summed E-state index contributed by atoms with van der Waals surface area (Å²) in [6.07, 6.45) is 6.17. The minimum atomic E-state index is -0.404. The number of carbonyl (C=O) groups is 1. The molecule has 8 heteroatoms. The van der Waals surface area contributed by atoms with Crippen LogP contribution in [-0.4, -0.2) is 67.2 Å². The number of carbonyl (C=O) groups excluding carboxylic acids is 1. The average molecular weight is 363 g/mol. The van der Waals surface area contributed by atoms with E-state index < -0.39 is 5.97 Å². The Morgan fingerprint density at radius 1 is 1.27 bits per heavy atom. The van der Waals surface area contributed by atoms with E-state index in [0.717, 1.165) is 5.69 Å². The largest absolute Gasteiger partial charge is 0.467 e. The predicted octanol–water partition coefficient (Wildman–Crippen LogP) is 1.27. The molecule has 4 atom stereocenters. The fraction of sp³-hybridized carbons (Fsp3) is 0.722. The molecule has 0 bridgehead atoms. The molecule has 1 aromatic rings. The molecule has 0 amide bonds. The second-order valence-electron chi connectivity index (χ2n) is 7.06. The molecule has 142 valence electrons. The number of methoxy groups -OCH3 is 1. The van der Waals surface area contributed by atoms with Crippen molar-refractivity contribution in [2.45, 2.75) is 56.0 Å². The number of hydrogen-bond donors (Lipinski definition) is 1. The zero-order valence-corrected chi connectivity index (χ0v) is 14.9. The van der Waals surface area contributed by atoms with E-state index >= 15 is 0 Å². The SMILES string of the molecule is COC(=O)COC1COC2C(Nc3nccc(C4CCCC4)n3)COC12. The topological polar surface area (TPSA) is 91.8 Å². The van der Waals surface area contributed by atoms with Crippen molar-refractivity contribution in [1.82, 2.24) is 9.97 Å². The van der Waals surface area contributed by atoms with Crippen molar-refractivity contribution in [3.63, 3.8) is 0 Å². The van der Waals surface area contributed by atoms with Gasteiger partial charge in [-0.15, -0.1) is 0 Å². The Labute approximate surface area is 152 Å². The van der Waals surface area contributed by atoms with Crippen LogP contribution in [-0.2, 0) is 23.7 Å². The van der Waals surface area contributed by atoms with Gasteiger partial charge < -0.3 is 24.3 Å². The highest BCUT2D eigenvalue weighted by Gasteiger charge is 2.48. The number of rotatable bonds is 6. The van der Waals surface area contributed by atoms with Crippen molar-refractivity contribution >= 4 is 11.9 Å². The number of esters is 1. The number of nitrogens with zero attached hydrogens (tertiary/aromatic N) is 2. The fourth-order valence-corrected chi connectivity index (χ4v) is 4.02. The normalized spacial score (nSPS) is 31.1. The molecule has 4 unspecified atom stereocenters. The van der Waals surface area contributed by atoms with Crippen LogP contribution in [0.15, 0.2) is 12.3 Å². The molecule has 3 aliphatic rings. The van der Waals surface area contributed by atoms with E-state index in [9.17, 15) is 4.79 Å². The monoisotopic (exact) mass is 363 g/mol. The molecule has 1 aliphatic carbocycles. The van der Waals surface area contributed by atoms with Gasteiger partial charge in [-0.25, -0.2) is 14.8 Å². The van der Waals surface area contributed by atoms with Crippen LogP contribution in [0.25, 0.3) is 0 Å². The molecule has 1 N–H and O–H groups in total. The Kier molecular flexibility index (Phi) is 5.33. The molecule has 0 spiro atoms. The fourth-order valence-electron chi connectivity index (χ4n) is 4.02. The van der Waals surface area contributed by atoms with Gasteiger partial charge in [0.2, 0.25) is 5.95 Å². The number of ether oxygens (including phenoxy) is 4. The highest BCUT2D eigenvalue weighted by Crippen LogP contribution is 2.34. The lowest BCUT2D eigenvalue weighted by atomic mass is 10.0. The Morgan fingerprint density at radius 3 is 2.88 bits per heavy atom. The molecular formula is C18H25N3O5. The number of anilines is 1. The zero-order valence-electron chi connectivity index (χ0n) is 14.9. The van der Waals surface area contributed by atoms with Crippen molar-refractivity contribution in [3.8, 4) is 0 Å². The van der Waals surface area contributed by atoms with Crippen molar-refractivity contribution in [3.05, 3.63) is 18.0 Å². The minimum Gasteiger partial charge on any atom is -0.467 e. The zero-order chi connectivity index (χ0) is 17.9. The van der Waals surface area contributed by atoms with Crippen LogP contribution in [0.5, 0.6) is 0 Å². The first-order valence-electron chi connectivity index (χ1n) is 9.25. The molecule has 2 saturated heterocycles. The lowest BCUT2D eigenvalue weighted by Crippen LogP contribution is -2.37. The number of nitrogens with one attached hydrogen (secondary N) is 1. The second kappa shape index (κ2) is 7.85. The summed E-state index contributed by atoms with van der Waals surface area (Å²) < 4.78 is 21.9. The van der Waals surface area contributed by atoms with Gasteiger partial charge in [0.25, 0.3) is 0 Å². The van der Waals surface area contributed by atoms with E-state index in [-0.39, 0.29) is 31.0 Å². The molecule has 3 heterocycles. The van der Waals surface area contributed by atoms with E-state index in [0.29, 0.717) is 25.1 Å². The van der Waals surface area contributed by atoms with Gasteiger partial charge in [-0.3, -0.25) is 0 Å². The Hall–Kier alpha value is -1.77. The van der Waals surface area contributed by atoms with Gasteiger partial charge in [0.1, 0.15) is 24.9 Å². The van der Waals surface area contributed by atoms with Crippen molar-refractivity contribution in [2.24, 2.45) is 0 Å². The first-order valence-corrected chi connectivity index (χ1v) is 9.25. The van der Waals surface area contributed by atoms with Gasteiger partial charge in [-0.05, 0) is 18.9 Å². The molecule has 2 aliphatic heterocycles. The quantitative estimate of drug-likeness (QED) is 0.756. The van der Waals surface area contributed by atoms with E-state index in [4.69, 9.17) is 19.2 Å². The number of fused-ring (bicyclic) bond motifs is 1. The lowest BCUT2D eigenvalue weighted by Gasteiger charge is -2.18. The Morgan fingerprint density at radius 2 is 2.08 bits per heavy atom. The smallest absolute Gasteiger partial charge is 0.331 e. The van der Waals surface area contributed by atoms with Gasteiger partial charge in [-0.2, -0.15) is 0 Å². The molecule has 0 aromatic carbocycles. The van der Waals surface area contributed by atoms with Crippen molar-refractivity contribution < 1.29 is 23.7 Å². The molecule has 3 fully saturated rings. The summed E-state index contributed by atoms with van der Waals surface area (Å²) in [6.45, 7) is 0.791. The van der Waals surface area contributed by atoms with Crippen LogP contribution in [0.3, 0.4) is 0 Å². The Balaban J connectivity index is 1.35. The first-order chi connectivity index (χ1) is 12.7.